The molecule has 2 aromatic carbocycles. The molecule has 0 saturated carbocycles. The predicted octanol–water partition coefficient (Wildman–Crippen LogP) is 3.56. The minimum Gasteiger partial charge on any atom is -0.457 e. The summed E-state index contributed by atoms with van der Waals surface area (Å²) >= 11 is 0. The van der Waals surface area contributed by atoms with Gasteiger partial charge in [-0.15, -0.1) is 5.10 Å². The van der Waals surface area contributed by atoms with Crippen molar-refractivity contribution in [2.75, 3.05) is 11.6 Å². The fourth-order valence-corrected chi connectivity index (χ4v) is 3.79. The van der Waals surface area contributed by atoms with Crippen LogP contribution in [0.1, 0.15) is 5.56 Å². The van der Waals surface area contributed by atoms with Crippen molar-refractivity contribution in [3.8, 4) is 11.5 Å². The normalized spacial score (nSPS) is 12.3. The van der Waals surface area contributed by atoms with Crippen molar-refractivity contribution in [2.45, 2.75) is 12.1 Å². The maximum absolute atomic E-state index is 15.2. The number of aryl methyl sites for hydroxylation is 1. The molecule has 0 radical (unpaired) electrons. The number of anilines is 2. The first-order valence-corrected chi connectivity index (χ1v) is 11.4. The van der Waals surface area contributed by atoms with E-state index in [1.165, 1.54) is 48.6 Å². The summed E-state index contributed by atoms with van der Waals surface area (Å²) in [6.07, 6.45) is 4.17. The van der Waals surface area contributed by atoms with Crippen LogP contribution in [-0.2, 0) is 17.8 Å². The largest absolute Gasteiger partial charge is 0.457 e. The van der Waals surface area contributed by atoms with Crippen LogP contribution in [0.5, 0.6) is 11.5 Å². The Morgan fingerprint density at radius 1 is 1.12 bits per heavy atom. The number of halogens is 2. The lowest BCUT2D eigenvalue weighted by Gasteiger charge is -2.14. The molecule has 172 valence electrons. The highest BCUT2D eigenvalue weighted by atomic mass is 32.2. The third-order valence-electron chi connectivity index (χ3n) is 5.06. The van der Waals surface area contributed by atoms with Crippen LogP contribution in [0.4, 0.5) is 20.3 Å². The summed E-state index contributed by atoms with van der Waals surface area (Å²) in [5.41, 5.74) is 1.56. The lowest BCUT2D eigenvalue weighted by Crippen LogP contribution is -2.04. The lowest BCUT2D eigenvalue weighted by molar-refractivity contribution is 0.468. The van der Waals surface area contributed by atoms with Crippen LogP contribution < -0.4 is 10.1 Å². The Kier molecular flexibility index (Phi) is 5.32. The van der Waals surface area contributed by atoms with E-state index < -0.39 is 22.4 Å². The number of hydrogen-bond donors (Lipinski definition) is 1. The Morgan fingerprint density at radius 3 is 2.74 bits per heavy atom. The van der Waals surface area contributed by atoms with Crippen molar-refractivity contribution < 1.29 is 17.7 Å². The first-order chi connectivity index (χ1) is 16.3. The van der Waals surface area contributed by atoms with Crippen molar-refractivity contribution in [3.05, 3.63) is 54.0 Å². The molecule has 3 heterocycles. The Balaban J connectivity index is 1.47. The monoisotopic (exact) mass is 482 g/mol. The second-order valence-corrected chi connectivity index (χ2v) is 8.60. The topological polar surface area (TPSA) is 121 Å². The number of nitrogens with zero attached hydrogens (tertiary/aromatic N) is 7. The number of benzene rings is 2. The van der Waals surface area contributed by atoms with Crippen molar-refractivity contribution in [3.63, 3.8) is 0 Å². The first-order valence-electron chi connectivity index (χ1n) is 9.86. The minimum absolute atomic E-state index is 0.109. The van der Waals surface area contributed by atoms with E-state index in [0.29, 0.717) is 16.6 Å². The average Bonchev–Trinajstić information content (AvgIpc) is 3.19. The van der Waals surface area contributed by atoms with E-state index in [9.17, 15) is 8.60 Å². The molecule has 0 amide bonds. The molecule has 0 aliphatic carbocycles. The van der Waals surface area contributed by atoms with Gasteiger partial charge in [-0.3, -0.25) is 4.21 Å². The van der Waals surface area contributed by atoms with Gasteiger partial charge in [0.25, 0.3) is 0 Å². The van der Waals surface area contributed by atoms with Gasteiger partial charge in [-0.2, -0.15) is 0 Å². The van der Waals surface area contributed by atoms with Crippen molar-refractivity contribution in [1.82, 2.24) is 34.9 Å². The number of aromatic nitrogens is 7. The highest BCUT2D eigenvalue weighted by Crippen LogP contribution is 2.33. The number of hydrogen-bond acceptors (Lipinski definition) is 9. The number of fused-ring (bicyclic) bond motifs is 2. The van der Waals surface area contributed by atoms with E-state index in [0.717, 1.165) is 0 Å². The van der Waals surface area contributed by atoms with Crippen LogP contribution in [0.15, 0.2) is 41.9 Å². The molecule has 10 nitrogen and oxygen atoms in total. The first kappa shape index (κ1) is 21.7. The third-order valence-corrected chi connectivity index (χ3v) is 5.77. The summed E-state index contributed by atoms with van der Waals surface area (Å²) in [7, 11) is 0.170. The molecule has 0 aliphatic heterocycles. The summed E-state index contributed by atoms with van der Waals surface area (Å²) in [5, 5.41) is 10.7. The highest BCUT2D eigenvalue weighted by Gasteiger charge is 2.17. The maximum atomic E-state index is 15.2. The fraction of sp³-hybridized carbons (Fsp3) is 0.143. The van der Waals surface area contributed by atoms with Crippen LogP contribution in [0.25, 0.3) is 22.1 Å². The fourth-order valence-electron chi connectivity index (χ4n) is 3.37. The molecule has 0 fully saturated rings. The van der Waals surface area contributed by atoms with Gasteiger partial charge in [0, 0.05) is 31.0 Å². The predicted molar refractivity (Wildman–Crippen MR) is 120 cm³/mol. The number of nitrogens with one attached hydrogen (secondary N) is 1. The van der Waals surface area contributed by atoms with Gasteiger partial charge in [0.1, 0.15) is 39.9 Å². The molecular weight excluding hydrogens is 466 g/mol. The molecular formula is C21H16F2N8O2S. The van der Waals surface area contributed by atoms with E-state index in [1.54, 1.807) is 13.1 Å². The van der Waals surface area contributed by atoms with Crippen molar-refractivity contribution in [1.29, 1.82) is 0 Å². The second-order valence-electron chi connectivity index (χ2n) is 7.33. The Hall–Kier alpha value is -4.13. The Bertz CT molecular complexity index is 1610. The van der Waals surface area contributed by atoms with Gasteiger partial charge in [-0.25, -0.2) is 33.4 Å². The molecule has 0 saturated heterocycles. The molecule has 13 heteroatoms. The molecule has 1 atom stereocenters. The van der Waals surface area contributed by atoms with Crippen molar-refractivity contribution >= 4 is 44.4 Å². The summed E-state index contributed by atoms with van der Waals surface area (Å²) in [6.45, 7) is 1.53. The Labute approximate surface area is 193 Å². The van der Waals surface area contributed by atoms with Crippen LogP contribution in [0, 0.1) is 18.6 Å². The van der Waals surface area contributed by atoms with E-state index in [2.05, 4.69) is 35.6 Å². The Morgan fingerprint density at radius 2 is 1.94 bits per heavy atom. The van der Waals surface area contributed by atoms with Gasteiger partial charge in [0.2, 0.25) is 5.16 Å². The van der Waals surface area contributed by atoms with E-state index >= 15 is 4.39 Å². The van der Waals surface area contributed by atoms with Gasteiger partial charge in [-0.05, 0) is 19.1 Å². The molecule has 34 heavy (non-hydrogen) atoms. The molecule has 3 aromatic heterocycles. The maximum Gasteiger partial charge on any atom is 0.218 e. The van der Waals surface area contributed by atoms with Crippen molar-refractivity contribution in [2.24, 2.45) is 7.05 Å². The van der Waals surface area contributed by atoms with Gasteiger partial charge in [-0.1, -0.05) is 5.21 Å². The van der Waals surface area contributed by atoms with Crippen LogP contribution in [0.3, 0.4) is 0 Å². The molecule has 0 bridgehead atoms. The second kappa shape index (κ2) is 8.33. The van der Waals surface area contributed by atoms with Gasteiger partial charge in [0.05, 0.1) is 22.7 Å². The average molecular weight is 482 g/mol. The quantitative estimate of drug-likeness (QED) is 0.375. The summed E-state index contributed by atoms with van der Waals surface area (Å²) in [4.78, 5) is 16.5. The van der Waals surface area contributed by atoms with E-state index in [4.69, 9.17) is 4.74 Å². The van der Waals surface area contributed by atoms with Crippen LogP contribution in [0.2, 0.25) is 0 Å². The lowest BCUT2D eigenvalue weighted by atomic mass is 10.1. The molecule has 1 unspecified atom stereocenters. The zero-order chi connectivity index (χ0) is 24.0. The molecule has 5 aromatic rings. The molecule has 1 N–H and O–H groups in total. The molecule has 0 aliphatic rings. The third kappa shape index (κ3) is 3.79. The van der Waals surface area contributed by atoms with E-state index in [1.807, 2.05) is 0 Å². The SMILES string of the molecule is Cc1c(Oc2cc(F)c3c(c2)nnn3C)ccc(Nc2ncnc3cnc(S(C)=O)nc23)c1F. The summed E-state index contributed by atoms with van der Waals surface area (Å²) in [6, 6.07) is 5.72. The highest BCUT2D eigenvalue weighted by molar-refractivity contribution is 7.84. The molecule has 5 rings (SSSR count). The smallest absolute Gasteiger partial charge is 0.218 e. The summed E-state index contributed by atoms with van der Waals surface area (Å²) in [5.74, 6) is -0.571. The van der Waals surface area contributed by atoms with Gasteiger partial charge >= 0.3 is 0 Å². The minimum atomic E-state index is -1.41. The van der Waals surface area contributed by atoms with Gasteiger partial charge in [0.15, 0.2) is 17.5 Å². The van der Waals surface area contributed by atoms with Gasteiger partial charge < -0.3 is 10.1 Å². The van der Waals surface area contributed by atoms with E-state index in [-0.39, 0.29) is 39.2 Å². The standard InChI is InChI=1S/C21H16F2N8O2S/c1-10-16(33-11-6-12(22)19-14(7-11)29-30-31(19)2)5-4-13(17(10)23)27-20-18-15(25-9-26-20)8-24-21(28-18)34(3)32/h4-9H,1-3H3,(H,25,26,27). The summed E-state index contributed by atoms with van der Waals surface area (Å²) < 4.78 is 48.5. The van der Waals surface area contributed by atoms with Crippen LogP contribution in [-0.4, -0.2) is 45.4 Å². The number of rotatable bonds is 5. The zero-order valence-corrected chi connectivity index (χ0v) is 18.9. The number of ether oxygens (including phenoxy) is 1. The zero-order valence-electron chi connectivity index (χ0n) is 18.1. The van der Waals surface area contributed by atoms with Crippen LogP contribution >= 0.6 is 0 Å². The molecule has 0 spiro atoms.